The van der Waals surface area contributed by atoms with Crippen LogP contribution in [0, 0.1) is 5.41 Å². The van der Waals surface area contributed by atoms with E-state index in [4.69, 9.17) is 13.8 Å². The van der Waals surface area contributed by atoms with Gasteiger partial charge in [-0.3, -0.25) is 23.8 Å². The maximum absolute atomic E-state index is 14.0. The molecule has 0 aromatic heterocycles. The molecule has 1 aliphatic carbocycles. The van der Waals surface area contributed by atoms with Crippen molar-refractivity contribution in [2.75, 3.05) is 24.2 Å². The van der Waals surface area contributed by atoms with Crippen LogP contribution in [0.5, 0.6) is 0 Å². The second kappa shape index (κ2) is 15.5. The third-order valence-corrected chi connectivity index (χ3v) is 9.86. The number of ether oxygens (including phenoxy) is 1. The molecule has 43 heavy (non-hydrogen) atoms. The van der Waals surface area contributed by atoms with Gasteiger partial charge in [0.25, 0.3) is 0 Å². The predicted molar refractivity (Wildman–Crippen MR) is 167 cm³/mol. The van der Waals surface area contributed by atoms with Crippen molar-refractivity contribution in [2.45, 2.75) is 84.5 Å². The number of fused-ring (bicyclic) bond motifs is 1. The Morgan fingerprint density at radius 3 is 2.33 bits per heavy atom. The molecule has 11 heteroatoms. The fourth-order valence-electron chi connectivity index (χ4n) is 5.78. The van der Waals surface area contributed by atoms with Crippen LogP contribution in [0.15, 0.2) is 54.6 Å². The second-order valence-corrected chi connectivity index (χ2v) is 14.2. The van der Waals surface area contributed by atoms with Crippen LogP contribution in [0.2, 0.25) is 0 Å². The van der Waals surface area contributed by atoms with Gasteiger partial charge in [0.05, 0.1) is 24.8 Å². The monoisotopic (exact) mass is 638 g/mol. The van der Waals surface area contributed by atoms with Crippen molar-refractivity contribution < 1.29 is 32.7 Å². The smallest absolute Gasteiger partial charge is 0.459 e. The van der Waals surface area contributed by atoms with E-state index in [-0.39, 0.29) is 75.5 Å². The molecule has 1 fully saturated rings. The average molecular weight is 639 g/mol. The van der Waals surface area contributed by atoms with Gasteiger partial charge in [-0.1, -0.05) is 61.4 Å². The van der Waals surface area contributed by atoms with Gasteiger partial charge in [0.1, 0.15) is 18.2 Å². The fraction of sp³-hybridized carbons (Fsp3) is 0.531. The minimum Gasteiger partial charge on any atom is -0.459 e. The van der Waals surface area contributed by atoms with Crippen LogP contribution in [0.25, 0.3) is 0 Å². The van der Waals surface area contributed by atoms with Crippen LogP contribution in [-0.4, -0.2) is 86.5 Å². The molecule has 0 bridgehead atoms. The standard InChI is InChI=1S/C32H43N2O7P.Ca/c1-5-39-42(38,40-22-24-13-7-6-8-14-24)23-32(19-11-12-20-32)30(37)33-26-18-17-25-15-9-10-16-27(25)34(29(26)36)21-28(35)41-31(2,3)4;/h6-10,13-16,26H,5,11-12,17-23H2,1-4H3,(H,33,37);/q;+2/t26-,42?;/m0./s1. The number of hydrogen-bond donors (Lipinski definition) is 1. The van der Waals surface area contributed by atoms with Crippen LogP contribution in [0.4, 0.5) is 5.69 Å². The van der Waals surface area contributed by atoms with Gasteiger partial charge in [0.15, 0.2) is 0 Å². The number of carbonyl (C=O) groups excluding carboxylic acids is 3. The van der Waals surface area contributed by atoms with Gasteiger partial charge in [-0.2, -0.15) is 0 Å². The van der Waals surface area contributed by atoms with Crippen LogP contribution < -0.4 is 10.2 Å². The molecule has 9 nitrogen and oxygen atoms in total. The molecule has 228 valence electrons. The normalized spacial score (nSPS) is 19.4. The summed E-state index contributed by atoms with van der Waals surface area (Å²) >= 11 is 0. The number of hydrogen-bond acceptors (Lipinski definition) is 7. The van der Waals surface area contributed by atoms with Crippen molar-refractivity contribution in [1.82, 2.24) is 5.32 Å². The number of nitrogens with zero attached hydrogens (tertiary/aromatic N) is 1. The minimum absolute atomic E-state index is 0. The molecular formula is C32H43CaN2O7P+2. The van der Waals surface area contributed by atoms with Crippen molar-refractivity contribution >= 4 is 68.8 Å². The molecule has 1 unspecified atom stereocenters. The minimum atomic E-state index is -3.65. The topological polar surface area (TPSA) is 111 Å². The third-order valence-electron chi connectivity index (χ3n) is 7.70. The number of amides is 2. The first-order valence-corrected chi connectivity index (χ1v) is 16.5. The SMILES string of the molecule is CCOP(=O)(CC1(C(=O)N[C@H]2CCc3ccccc3N(CC(=O)OC(C)(C)C)C2=O)CCCC1)OCc1ccccc1.[Ca+2]. The third kappa shape index (κ3) is 9.62. The Balaban J connectivity index is 0.00000506. The summed E-state index contributed by atoms with van der Waals surface area (Å²) in [6.45, 7) is 7.10. The molecule has 2 aromatic carbocycles. The molecule has 1 N–H and O–H groups in total. The Morgan fingerprint density at radius 1 is 1.02 bits per heavy atom. The number of carbonyl (C=O) groups is 3. The maximum Gasteiger partial charge on any atom is 2.00 e. The first kappa shape index (κ1) is 35.7. The van der Waals surface area contributed by atoms with Gasteiger partial charge in [-0.15, -0.1) is 0 Å². The Bertz CT molecular complexity index is 1310. The van der Waals surface area contributed by atoms with Crippen molar-refractivity contribution in [1.29, 1.82) is 0 Å². The zero-order chi connectivity index (χ0) is 30.4. The van der Waals surface area contributed by atoms with E-state index in [0.29, 0.717) is 31.4 Å². The summed E-state index contributed by atoms with van der Waals surface area (Å²) in [4.78, 5) is 42.2. The average Bonchev–Trinajstić information content (AvgIpc) is 3.37. The van der Waals surface area contributed by atoms with Crippen molar-refractivity contribution in [3.05, 3.63) is 65.7 Å². The van der Waals surface area contributed by atoms with Gasteiger partial charge in [-0.05, 0) is 70.6 Å². The zero-order valence-electron chi connectivity index (χ0n) is 25.8. The second-order valence-electron chi connectivity index (χ2n) is 12.1. The number of para-hydroxylation sites is 1. The zero-order valence-corrected chi connectivity index (χ0v) is 28.9. The Kier molecular flexibility index (Phi) is 12.9. The molecule has 1 saturated carbocycles. The number of benzene rings is 2. The van der Waals surface area contributed by atoms with Gasteiger partial charge < -0.3 is 19.1 Å². The Labute approximate surface area is 284 Å². The first-order chi connectivity index (χ1) is 19.9. The van der Waals surface area contributed by atoms with Crippen molar-refractivity contribution in [2.24, 2.45) is 5.41 Å². The molecule has 2 amide bonds. The van der Waals surface area contributed by atoms with Crippen molar-refractivity contribution in [3.8, 4) is 0 Å². The molecule has 0 saturated heterocycles. The summed E-state index contributed by atoms with van der Waals surface area (Å²) in [6, 6.07) is 16.0. The van der Waals surface area contributed by atoms with Crippen LogP contribution in [-0.2, 0) is 45.8 Å². The molecule has 0 radical (unpaired) electrons. The van der Waals surface area contributed by atoms with Gasteiger partial charge in [0.2, 0.25) is 11.8 Å². The summed E-state index contributed by atoms with van der Waals surface area (Å²) in [5.74, 6) is -1.23. The van der Waals surface area contributed by atoms with E-state index in [1.165, 1.54) is 4.90 Å². The molecule has 1 heterocycles. The number of aryl methyl sites for hydroxylation is 1. The van der Waals surface area contributed by atoms with E-state index in [2.05, 4.69) is 5.32 Å². The van der Waals surface area contributed by atoms with E-state index in [9.17, 15) is 18.9 Å². The first-order valence-electron chi connectivity index (χ1n) is 14.8. The summed E-state index contributed by atoms with van der Waals surface area (Å²) < 4.78 is 31.0. The summed E-state index contributed by atoms with van der Waals surface area (Å²) in [7, 11) is -3.65. The molecule has 1 aliphatic heterocycles. The molecule has 2 aliphatic rings. The maximum atomic E-state index is 14.0. The van der Waals surface area contributed by atoms with Gasteiger partial charge in [-0.25, -0.2) is 0 Å². The molecule has 2 atom stereocenters. The van der Waals surface area contributed by atoms with E-state index in [1.807, 2.05) is 54.6 Å². The molecule has 0 spiro atoms. The number of esters is 1. The number of anilines is 1. The quantitative estimate of drug-likeness (QED) is 0.199. The summed E-state index contributed by atoms with van der Waals surface area (Å²) in [5, 5.41) is 3.00. The van der Waals surface area contributed by atoms with E-state index in [1.54, 1.807) is 27.7 Å². The molecule has 4 rings (SSSR count). The van der Waals surface area contributed by atoms with E-state index >= 15 is 0 Å². The van der Waals surface area contributed by atoms with Gasteiger partial charge >= 0.3 is 51.3 Å². The van der Waals surface area contributed by atoms with Crippen LogP contribution in [0.1, 0.15) is 70.9 Å². The van der Waals surface area contributed by atoms with Crippen LogP contribution in [0.3, 0.4) is 0 Å². The van der Waals surface area contributed by atoms with E-state index in [0.717, 1.165) is 24.0 Å². The largest absolute Gasteiger partial charge is 2.00 e. The number of nitrogens with one attached hydrogen (secondary N) is 1. The van der Waals surface area contributed by atoms with E-state index < -0.39 is 30.6 Å². The molecular weight excluding hydrogens is 595 g/mol. The van der Waals surface area contributed by atoms with Crippen LogP contribution >= 0.6 is 7.60 Å². The summed E-state index contributed by atoms with van der Waals surface area (Å²) in [6.07, 6.45) is 3.49. The summed E-state index contributed by atoms with van der Waals surface area (Å²) in [5.41, 5.74) is 0.714. The van der Waals surface area contributed by atoms with Gasteiger partial charge in [0, 0.05) is 5.69 Å². The fourth-order valence-corrected chi connectivity index (χ4v) is 7.98. The predicted octanol–water partition coefficient (Wildman–Crippen LogP) is 5.42. The Hall–Kier alpha value is -1.74. The van der Waals surface area contributed by atoms with Crippen molar-refractivity contribution in [3.63, 3.8) is 0 Å². The molecule has 2 aromatic rings. The number of rotatable bonds is 11. The Morgan fingerprint density at radius 2 is 1.67 bits per heavy atom.